The lowest BCUT2D eigenvalue weighted by Crippen LogP contribution is -2.19. The molecule has 4 rings (SSSR count). The smallest absolute Gasteiger partial charge is 0.258 e. The predicted molar refractivity (Wildman–Crippen MR) is 121 cm³/mol. The summed E-state index contributed by atoms with van der Waals surface area (Å²) in [6, 6.07) is 21.5. The van der Waals surface area contributed by atoms with E-state index in [2.05, 4.69) is 10.3 Å². The van der Waals surface area contributed by atoms with Crippen LogP contribution in [0.15, 0.2) is 77.6 Å². The zero-order valence-electron chi connectivity index (χ0n) is 15.6. The summed E-state index contributed by atoms with van der Waals surface area (Å²) in [4.78, 5) is 27.9. The molecule has 3 aromatic carbocycles. The Balaban J connectivity index is 1.87. The van der Waals surface area contributed by atoms with Crippen LogP contribution in [-0.4, -0.2) is 16.8 Å². The standard InChI is InChI=1S/C23H16Cl2N2O3/c24-13-20(28)27-22-18-10-9-15(25)12-19(18)26-23(29)21(22)14-5-4-8-17(11-14)30-16-6-2-1-3-7-16/h1-12H,13H2,(H2,26,27,28,29). The fraction of sp³-hybridized carbons (Fsp3) is 0.0435. The lowest BCUT2D eigenvalue weighted by molar-refractivity contribution is -0.113. The molecule has 0 aliphatic carbocycles. The molecule has 4 aromatic rings. The molecule has 0 saturated heterocycles. The number of halogens is 2. The number of pyridine rings is 1. The monoisotopic (exact) mass is 438 g/mol. The van der Waals surface area contributed by atoms with Gasteiger partial charge in [0.05, 0.1) is 16.8 Å². The summed E-state index contributed by atoms with van der Waals surface area (Å²) in [6.45, 7) is 0. The maximum atomic E-state index is 13.0. The lowest BCUT2D eigenvalue weighted by Gasteiger charge is -2.14. The van der Waals surface area contributed by atoms with Crippen molar-refractivity contribution in [3.05, 3.63) is 88.2 Å². The zero-order valence-corrected chi connectivity index (χ0v) is 17.1. The molecule has 7 heteroatoms. The molecule has 150 valence electrons. The molecule has 0 bridgehead atoms. The van der Waals surface area contributed by atoms with Crippen molar-refractivity contribution in [2.45, 2.75) is 0 Å². The van der Waals surface area contributed by atoms with E-state index in [0.717, 1.165) is 0 Å². The summed E-state index contributed by atoms with van der Waals surface area (Å²) in [5.74, 6) is 0.575. The number of carbonyl (C=O) groups excluding carboxylic acids is 1. The van der Waals surface area contributed by atoms with Crippen molar-refractivity contribution >= 4 is 45.7 Å². The maximum Gasteiger partial charge on any atom is 0.258 e. The normalized spacial score (nSPS) is 10.7. The summed E-state index contributed by atoms with van der Waals surface area (Å²) < 4.78 is 5.89. The molecule has 0 aliphatic heterocycles. The van der Waals surface area contributed by atoms with Gasteiger partial charge in [0.1, 0.15) is 17.4 Å². The molecule has 5 nitrogen and oxygen atoms in total. The van der Waals surface area contributed by atoms with Gasteiger partial charge >= 0.3 is 0 Å². The highest BCUT2D eigenvalue weighted by atomic mass is 35.5. The number of carbonyl (C=O) groups is 1. The molecular formula is C23H16Cl2N2O3. The van der Waals surface area contributed by atoms with Gasteiger partial charge in [-0.05, 0) is 48.0 Å². The van der Waals surface area contributed by atoms with Crippen molar-refractivity contribution in [3.8, 4) is 22.6 Å². The first-order chi connectivity index (χ1) is 14.5. The number of fused-ring (bicyclic) bond motifs is 1. The first-order valence-corrected chi connectivity index (χ1v) is 10.0. The van der Waals surface area contributed by atoms with E-state index in [1.54, 1.807) is 42.5 Å². The Labute approximate surface area is 182 Å². The number of alkyl halides is 1. The number of hydrogen-bond donors (Lipinski definition) is 2. The number of benzene rings is 3. The SMILES string of the molecule is O=C(CCl)Nc1c(-c2cccc(Oc3ccccc3)c2)c(=O)[nH]c2cc(Cl)ccc12. The first kappa shape index (κ1) is 20.0. The first-order valence-electron chi connectivity index (χ1n) is 9.10. The Morgan fingerprint density at radius 2 is 1.73 bits per heavy atom. The van der Waals surface area contributed by atoms with Crippen LogP contribution in [0.3, 0.4) is 0 Å². The second-order valence-corrected chi connectivity index (χ2v) is 7.22. The van der Waals surface area contributed by atoms with Gasteiger partial charge in [-0.25, -0.2) is 0 Å². The van der Waals surface area contributed by atoms with Crippen LogP contribution in [0.5, 0.6) is 11.5 Å². The van der Waals surface area contributed by atoms with Crippen molar-refractivity contribution in [1.82, 2.24) is 4.98 Å². The number of aromatic nitrogens is 1. The van der Waals surface area contributed by atoms with Gasteiger partial charge in [0.25, 0.3) is 5.56 Å². The largest absolute Gasteiger partial charge is 0.457 e. The third kappa shape index (κ3) is 4.17. The van der Waals surface area contributed by atoms with Crippen molar-refractivity contribution in [2.24, 2.45) is 0 Å². The van der Waals surface area contributed by atoms with Crippen molar-refractivity contribution in [2.75, 3.05) is 11.2 Å². The van der Waals surface area contributed by atoms with E-state index in [-0.39, 0.29) is 11.4 Å². The molecule has 0 atom stereocenters. The van der Waals surface area contributed by atoms with Crippen molar-refractivity contribution in [3.63, 3.8) is 0 Å². The summed E-state index contributed by atoms with van der Waals surface area (Å²) >= 11 is 11.8. The third-order valence-corrected chi connectivity index (χ3v) is 4.94. The highest BCUT2D eigenvalue weighted by Crippen LogP contribution is 2.34. The van der Waals surface area contributed by atoms with Gasteiger partial charge in [-0.2, -0.15) is 0 Å². The van der Waals surface area contributed by atoms with Crippen LogP contribution < -0.4 is 15.6 Å². The Morgan fingerprint density at radius 3 is 2.50 bits per heavy atom. The number of rotatable bonds is 5. The Bertz CT molecular complexity index is 1290. The summed E-state index contributed by atoms with van der Waals surface area (Å²) in [6.07, 6.45) is 0. The lowest BCUT2D eigenvalue weighted by atomic mass is 10.0. The molecule has 1 amide bonds. The number of ether oxygens (including phenoxy) is 1. The molecule has 1 heterocycles. The Kier molecular flexibility index (Phi) is 5.74. The van der Waals surface area contributed by atoms with Crippen LogP contribution in [0.2, 0.25) is 5.02 Å². The second kappa shape index (κ2) is 8.61. The number of amides is 1. The van der Waals surface area contributed by atoms with Crippen molar-refractivity contribution < 1.29 is 9.53 Å². The molecule has 1 aromatic heterocycles. The van der Waals surface area contributed by atoms with Crippen LogP contribution in [0, 0.1) is 0 Å². The highest BCUT2D eigenvalue weighted by Gasteiger charge is 2.17. The molecule has 0 fully saturated rings. The maximum absolute atomic E-state index is 13.0. The van der Waals surface area contributed by atoms with E-state index in [4.69, 9.17) is 27.9 Å². The van der Waals surface area contributed by atoms with Crippen molar-refractivity contribution in [1.29, 1.82) is 0 Å². The van der Waals surface area contributed by atoms with Gasteiger partial charge in [0.15, 0.2) is 0 Å². The minimum absolute atomic E-state index is 0.238. The van der Waals surface area contributed by atoms with E-state index < -0.39 is 5.91 Å². The van der Waals surface area contributed by atoms with E-state index in [1.165, 1.54) is 0 Å². The highest BCUT2D eigenvalue weighted by molar-refractivity contribution is 6.31. The second-order valence-electron chi connectivity index (χ2n) is 6.52. The van der Waals surface area contributed by atoms with E-state index in [0.29, 0.717) is 44.2 Å². The van der Waals surface area contributed by atoms with Crippen LogP contribution in [0.1, 0.15) is 0 Å². The quantitative estimate of drug-likeness (QED) is 0.385. The summed E-state index contributed by atoms with van der Waals surface area (Å²) in [5.41, 5.74) is 1.41. The molecule has 0 unspecified atom stereocenters. The zero-order chi connectivity index (χ0) is 21.1. The molecule has 0 aliphatic rings. The van der Waals surface area contributed by atoms with E-state index >= 15 is 0 Å². The molecular weight excluding hydrogens is 423 g/mol. The van der Waals surface area contributed by atoms with E-state index in [1.807, 2.05) is 30.3 Å². The van der Waals surface area contributed by atoms with Gasteiger partial charge < -0.3 is 15.0 Å². The number of nitrogens with one attached hydrogen (secondary N) is 2. The Morgan fingerprint density at radius 1 is 0.967 bits per heavy atom. The predicted octanol–water partition coefficient (Wildman–Crippen LogP) is 5.82. The van der Waals surface area contributed by atoms with Gasteiger partial charge in [-0.15, -0.1) is 11.6 Å². The molecule has 30 heavy (non-hydrogen) atoms. The molecule has 0 saturated carbocycles. The average Bonchev–Trinajstić information content (AvgIpc) is 2.74. The topological polar surface area (TPSA) is 71.2 Å². The van der Waals surface area contributed by atoms with Crippen LogP contribution in [0.25, 0.3) is 22.0 Å². The van der Waals surface area contributed by atoms with Crippen LogP contribution in [-0.2, 0) is 4.79 Å². The minimum atomic E-state index is -0.420. The minimum Gasteiger partial charge on any atom is -0.457 e. The number of hydrogen-bond acceptors (Lipinski definition) is 3. The number of H-pyrrole nitrogens is 1. The fourth-order valence-corrected chi connectivity index (χ4v) is 3.43. The van der Waals surface area contributed by atoms with Gasteiger partial charge in [0.2, 0.25) is 5.91 Å². The van der Waals surface area contributed by atoms with E-state index in [9.17, 15) is 9.59 Å². The fourth-order valence-electron chi connectivity index (χ4n) is 3.19. The molecule has 0 spiro atoms. The molecule has 2 N–H and O–H groups in total. The van der Waals surface area contributed by atoms with Crippen LogP contribution >= 0.6 is 23.2 Å². The Hall–Kier alpha value is -3.28. The molecule has 0 radical (unpaired) electrons. The number of aromatic amines is 1. The van der Waals surface area contributed by atoms with Gasteiger partial charge in [-0.3, -0.25) is 9.59 Å². The summed E-state index contributed by atoms with van der Waals surface area (Å²) in [7, 11) is 0. The van der Waals surface area contributed by atoms with Crippen LogP contribution in [0.4, 0.5) is 5.69 Å². The number of anilines is 1. The average molecular weight is 439 g/mol. The van der Waals surface area contributed by atoms with Gasteiger partial charge in [0, 0.05) is 10.4 Å². The number of para-hydroxylation sites is 1. The third-order valence-electron chi connectivity index (χ3n) is 4.46. The van der Waals surface area contributed by atoms with Gasteiger partial charge in [-0.1, -0.05) is 41.9 Å². The summed E-state index contributed by atoms with van der Waals surface area (Å²) in [5, 5.41) is 3.87.